The smallest absolute Gasteiger partial charge is 0.310 e. The second-order valence-corrected chi connectivity index (χ2v) is 7.80. The van der Waals surface area contributed by atoms with Crippen molar-refractivity contribution in [3.8, 4) is 0 Å². The number of hydrogen-bond acceptors (Lipinski definition) is 7. The van der Waals surface area contributed by atoms with Gasteiger partial charge in [0.15, 0.2) is 0 Å². The van der Waals surface area contributed by atoms with Gasteiger partial charge in [-0.15, -0.1) is 0 Å². The summed E-state index contributed by atoms with van der Waals surface area (Å²) in [6, 6.07) is 0. The minimum atomic E-state index is -1.000. The van der Waals surface area contributed by atoms with Gasteiger partial charge in [-0.3, -0.25) is 14.4 Å². The van der Waals surface area contributed by atoms with Crippen molar-refractivity contribution in [2.45, 2.75) is 98.0 Å². The van der Waals surface area contributed by atoms with Crippen molar-refractivity contribution in [3.63, 3.8) is 0 Å². The van der Waals surface area contributed by atoms with E-state index in [4.69, 9.17) is 14.2 Å². The van der Waals surface area contributed by atoms with Crippen molar-refractivity contribution < 1.29 is 33.7 Å². The number of rotatable bonds is 18. The number of carbonyl (C=O) groups is 3. The first-order valence-electron chi connectivity index (χ1n) is 11.5. The summed E-state index contributed by atoms with van der Waals surface area (Å²) < 4.78 is 15.6. The molecule has 0 aliphatic carbocycles. The van der Waals surface area contributed by atoms with E-state index in [9.17, 15) is 19.5 Å². The molecule has 1 N–H and O–H groups in total. The predicted molar refractivity (Wildman–Crippen MR) is 115 cm³/mol. The summed E-state index contributed by atoms with van der Waals surface area (Å²) >= 11 is 0. The van der Waals surface area contributed by atoms with Crippen LogP contribution in [0.1, 0.15) is 91.9 Å². The second kappa shape index (κ2) is 18.2. The molecule has 0 heterocycles. The first-order valence-corrected chi connectivity index (χ1v) is 11.5. The van der Waals surface area contributed by atoms with Crippen molar-refractivity contribution in [1.29, 1.82) is 0 Å². The zero-order chi connectivity index (χ0) is 22.8. The van der Waals surface area contributed by atoms with E-state index in [1.807, 2.05) is 0 Å². The fraction of sp³-hybridized carbons (Fsp3) is 0.870. The monoisotopic (exact) mass is 430 g/mol. The zero-order valence-corrected chi connectivity index (χ0v) is 19.3. The Hall–Kier alpha value is -1.63. The first-order chi connectivity index (χ1) is 14.4. The minimum absolute atomic E-state index is 0.170. The van der Waals surface area contributed by atoms with Crippen molar-refractivity contribution in [1.82, 2.24) is 0 Å². The molecule has 0 saturated carbocycles. The molecule has 0 aromatic carbocycles. The third kappa shape index (κ3) is 13.6. The van der Waals surface area contributed by atoms with E-state index in [1.165, 1.54) is 0 Å². The lowest BCUT2D eigenvalue weighted by molar-refractivity contribution is -0.165. The Bertz CT molecular complexity index is 478. The number of hydrogen-bond donors (Lipinski definition) is 1. The number of carbonyl (C=O) groups excluding carboxylic acids is 3. The van der Waals surface area contributed by atoms with Crippen LogP contribution in [0.4, 0.5) is 0 Å². The van der Waals surface area contributed by atoms with Crippen LogP contribution in [0, 0.1) is 11.8 Å². The van der Waals surface area contributed by atoms with Crippen molar-refractivity contribution >= 4 is 17.9 Å². The molecule has 3 unspecified atom stereocenters. The lowest BCUT2D eigenvalue weighted by Gasteiger charge is -2.21. The number of ether oxygens (including phenoxy) is 3. The molecule has 0 aromatic rings. The van der Waals surface area contributed by atoms with Crippen LogP contribution in [0.3, 0.4) is 0 Å². The number of unbranched alkanes of at least 4 members (excludes halogenated alkanes) is 6. The molecule has 0 aromatic heterocycles. The third-order valence-corrected chi connectivity index (χ3v) is 5.06. The molecular weight excluding hydrogens is 388 g/mol. The highest BCUT2D eigenvalue weighted by atomic mass is 16.6. The van der Waals surface area contributed by atoms with Crippen LogP contribution >= 0.6 is 0 Å². The third-order valence-electron chi connectivity index (χ3n) is 5.06. The highest BCUT2D eigenvalue weighted by Gasteiger charge is 2.35. The van der Waals surface area contributed by atoms with Gasteiger partial charge in [0.1, 0.15) is 6.61 Å². The van der Waals surface area contributed by atoms with Crippen LogP contribution in [0.5, 0.6) is 0 Å². The standard InChI is InChI=1S/C23H42O7/c1-5-8-10-12-14-28-21(25)16-20(23(27)30-17-19(24)7-3)18(4)22(26)29-15-13-11-9-6-2/h18-20,24H,5-17H2,1-4H3. The molecule has 0 radical (unpaired) electrons. The summed E-state index contributed by atoms with van der Waals surface area (Å²) in [6.45, 7) is 7.95. The van der Waals surface area contributed by atoms with E-state index in [0.717, 1.165) is 51.4 Å². The maximum Gasteiger partial charge on any atom is 0.310 e. The van der Waals surface area contributed by atoms with E-state index in [2.05, 4.69) is 13.8 Å². The van der Waals surface area contributed by atoms with Crippen LogP contribution in [-0.2, 0) is 28.6 Å². The van der Waals surface area contributed by atoms with Crippen molar-refractivity contribution in [3.05, 3.63) is 0 Å². The van der Waals surface area contributed by atoms with Gasteiger partial charge >= 0.3 is 17.9 Å². The van der Waals surface area contributed by atoms with Gasteiger partial charge in [0, 0.05) is 0 Å². The zero-order valence-electron chi connectivity index (χ0n) is 19.3. The molecule has 0 spiro atoms. The Labute approximate surface area is 181 Å². The molecule has 30 heavy (non-hydrogen) atoms. The Balaban J connectivity index is 4.77. The topological polar surface area (TPSA) is 99.1 Å². The van der Waals surface area contributed by atoms with Crippen LogP contribution in [-0.4, -0.2) is 48.9 Å². The van der Waals surface area contributed by atoms with Gasteiger partial charge in [-0.1, -0.05) is 66.2 Å². The van der Waals surface area contributed by atoms with E-state index in [1.54, 1.807) is 13.8 Å². The van der Waals surface area contributed by atoms with Gasteiger partial charge in [0.05, 0.1) is 37.6 Å². The normalized spacial score (nSPS) is 13.9. The first kappa shape index (κ1) is 28.4. The molecule has 176 valence electrons. The van der Waals surface area contributed by atoms with Crippen LogP contribution in [0.2, 0.25) is 0 Å². The molecule has 3 atom stereocenters. The van der Waals surface area contributed by atoms with Gasteiger partial charge in [-0.05, 0) is 19.3 Å². The van der Waals surface area contributed by atoms with E-state index in [-0.39, 0.29) is 13.0 Å². The summed E-state index contributed by atoms with van der Waals surface area (Å²) in [6.07, 6.45) is 7.23. The van der Waals surface area contributed by atoms with Gasteiger partial charge in [0.2, 0.25) is 0 Å². The highest BCUT2D eigenvalue weighted by Crippen LogP contribution is 2.21. The summed E-state index contributed by atoms with van der Waals surface area (Å²) in [4.78, 5) is 37.1. The van der Waals surface area contributed by atoms with Crippen LogP contribution in [0.25, 0.3) is 0 Å². The SMILES string of the molecule is CCCCCCOC(=O)CC(C(=O)OCC(O)CC)C(C)C(=O)OCCCCCC. The molecule has 0 aliphatic heterocycles. The maximum atomic E-state index is 12.5. The Kier molecular flexibility index (Phi) is 17.2. The summed E-state index contributed by atoms with van der Waals surface area (Å²) in [5, 5.41) is 9.63. The largest absolute Gasteiger partial charge is 0.466 e. The molecule has 0 aliphatic rings. The summed E-state index contributed by atoms with van der Waals surface area (Å²) in [7, 11) is 0. The number of aliphatic hydroxyl groups is 1. The second-order valence-electron chi connectivity index (χ2n) is 7.80. The number of aliphatic hydroxyl groups excluding tert-OH is 1. The Morgan fingerprint density at radius 3 is 1.87 bits per heavy atom. The average molecular weight is 431 g/mol. The van der Waals surface area contributed by atoms with E-state index >= 15 is 0 Å². The van der Waals surface area contributed by atoms with Crippen molar-refractivity contribution in [2.75, 3.05) is 19.8 Å². The Morgan fingerprint density at radius 2 is 1.33 bits per heavy atom. The van der Waals surface area contributed by atoms with E-state index < -0.39 is 35.8 Å². The van der Waals surface area contributed by atoms with Crippen LogP contribution < -0.4 is 0 Å². The summed E-state index contributed by atoms with van der Waals surface area (Å²) in [5.41, 5.74) is 0. The summed E-state index contributed by atoms with van der Waals surface area (Å²) in [5.74, 6) is -3.59. The van der Waals surface area contributed by atoms with Crippen LogP contribution in [0.15, 0.2) is 0 Å². The number of esters is 3. The minimum Gasteiger partial charge on any atom is -0.466 e. The molecule has 7 nitrogen and oxygen atoms in total. The molecule has 0 rings (SSSR count). The van der Waals surface area contributed by atoms with Gasteiger partial charge < -0.3 is 19.3 Å². The molecule has 0 fully saturated rings. The van der Waals surface area contributed by atoms with Gasteiger partial charge in [-0.2, -0.15) is 0 Å². The molecule has 0 amide bonds. The molecule has 7 heteroatoms. The van der Waals surface area contributed by atoms with E-state index in [0.29, 0.717) is 19.6 Å². The lowest BCUT2D eigenvalue weighted by atomic mass is 9.91. The van der Waals surface area contributed by atoms with Gasteiger partial charge in [-0.25, -0.2) is 0 Å². The van der Waals surface area contributed by atoms with Gasteiger partial charge in [0.25, 0.3) is 0 Å². The molecule has 0 bridgehead atoms. The Morgan fingerprint density at radius 1 is 0.767 bits per heavy atom. The van der Waals surface area contributed by atoms with Crippen molar-refractivity contribution in [2.24, 2.45) is 11.8 Å². The molecular formula is C23H42O7. The lowest BCUT2D eigenvalue weighted by Crippen LogP contribution is -2.34. The predicted octanol–water partition coefficient (Wildman–Crippen LogP) is 4.19. The highest BCUT2D eigenvalue weighted by molar-refractivity contribution is 5.85. The quantitative estimate of drug-likeness (QED) is 0.198. The maximum absolute atomic E-state index is 12.5. The average Bonchev–Trinajstić information content (AvgIpc) is 2.74. The fourth-order valence-corrected chi connectivity index (χ4v) is 2.82. The molecule has 0 saturated heterocycles. The fourth-order valence-electron chi connectivity index (χ4n) is 2.82.